The van der Waals surface area contributed by atoms with E-state index in [2.05, 4.69) is 22.8 Å². The lowest BCUT2D eigenvalue weighted by Crippen LogP contribution is -2.07. The number of aromatic nitrogens is 2. The van der Waals surface area contributed by atoms with Gasteiger partial charge in [0.05, 0.1) is 38.4 Å². The minimum absolute atomic E-state index is 0.223. The summed E-state index contributed by atoms with van der Waals surface area (Å²) in [5.74, 6) is 3.13. The Kier molecular flexibility index (Phi) is 3.56. The zero-order chi connectivity index (χ0) is 16.7. The third-order valence-corrected chi connectivity index (χ3v) is 4.69. The maximum atomic E-state index is 5.51. The molecule has 0 amide bonds. The minimum atomic E-state index is 0.223. The molecule has 1 unspecified atom stereocenters. The van der Waals surface area contributed by atoms with Crippen molar-refractivity contribution in [2.24, 2.45) is 0 Å². The molecule has 0 bridgehead atoms. The number of ether oxygens (including phenoxy) is 3. The van der Waals surface area contributed by atoms with Crippen molar-refractivity contribution in [3.8, 4) is 17.2 Å². The first-order chi connectivity index (χ1) is 11.8. The highest BCUT2D eigenvalue weighted by Gasteiger charge is 2.28. The van der Waals surface area contributed by atoms with Gasteiger partial charge in [-0.25, -0.2) is 4.98 Å². The first kappa shape index (κ1) is 14.9. The summed E-state index contributed by atoms with van der Waals surface area (Å²) in [6, 6.07) is 12.6. The molecule has 0 N–H and O–H groups in total. The fourth-order valence-electron chi connectivity index (χ4n) is 3.62. The fraction of sp³-hybridized carbons (Fsp3) is 0.316. The van der Waals surface area contributed by atoms with Crippen LogP contribution >= 0.6 is 0 Å². The molecule has 5 nitrogen and oxygen atoms in total. The monoisotopic (exact) mass is 324 g/mol. The molecule has 24 heavy (non-hydrogen) atoms. The molecule has 0 radical (unpaired) electrons. The van der Waals surface area contributed by atoms with Crippen LogP contribution in [0.1, 0.15) is 23.9 Å². The van der Waals surface area contributed by atoms with E-state index in [9.17, 15) is 0 Å². The van der Waals surface area contributed by atoms with E-state index < -0.39 is 0 Å². The summed E-state index contributed by atoms with van der Waals surface area (Å²) in [5, 5.41) is 0. The number of hydrogen-bond donors (Lipinski definition) is 0. The van der Waals surface area contributed by atoms with E-state index >= 15 is 0 Å². The van der Waals surface area contributed by atoms with Crippen molar-refractivity contribution in [1.82, 2.24) is 9.55 Å². The van der Waals surface area contributed by atoms with Crippen LogP contribution < -0.4 is 14.2 Å². The predicted molar refractivity (Wildman–Crippen MR) is 92.3 cm³/mol. The second-order valence-electron chi connectivity index (χ2n) is 5.90. The van der Waals surface area contributed by atoms with Gasteiger partial charge < -0.3 is 18.8 Å². The minimum Gasteiger partial charge on any atom is -0.493 e. The molecule has 1 aromatic heterocycles. The number of nitrogens with zero attached hydrogens (tertiary/aromatic N) is 2. The first-order valence-corrected chi connectivity index (χ1v) is 8.02. The highest BCUT2D eigenvalue weighted by molar-refractivity contribution is 5.76. The van der Waals surface area contributed by atoms with Gasteiger partial charge in [0.1, 0.15) is 5.82 Å². The average molecular weight is 324 g/mol. The third kappa shape index (κ3) is 2.12. The Balaban J connectivity index is 1.87. The van der Waals surface area contributed by atoms with Gasteiger partial charge in [0.15, 0.2) is 11.5 Å². The van der Waals surface area contributed by atoms with Gasteiger partial charge in [-0.3, -0.25) is 0 Å². The number of fused-ring (bicyclic) bond motifs is 3. The van der Waals surface area contributed by atoms with Crippen LogP contribution in [0.25, 0.3) is 11.0 Å². The number of imidazole rings is 1. The lowest BCUT2D eigenvalue weighted by molar-refractivity contribution is 0.323. The van der Waals surface area contributed by atoms with E-state index in [0.717, 1.165) is 29.7 Å². The molecular formula is C19H20N2O3. The molecule has 124 valence electrons. The number of rotatable bonds is 4. The summed E-state index contributed by atoms with van der Waals surface area (Å²) in [4.78, 5) is 4.76. The first-order valence-electron chi connectivity index (χ1n) is 8.02. The van der Waals surface area contributed by atoms with Crippen molar-refractivity contribution in [1.29, 1.82) is 0 Å². The Bertz CT molecular complexity index is 876. The maximum Gasteiger partial charge on any atom is 0.203 e. The van der Waals surface area contributed by atoms with Crippen LogP contribution in [0.5, 0.6) is 17.2 Å². The molecular weight excluding hydrogens is 304 g/mol. The van der Waals surface area contributed by atoms with E-state index in [1.54, 1.807) is 21.3 Å². The number of benzene rings is 2. The molecule has 0 saturated heterocycles. The van der Waals surface area contributed by atoms with Crippen molar-refractivity contribution < 1.29 is 14.2 Å². The van der Waals surface area contributed by atoms with Crippen molar-refractivity contribution >= 4 is 11.0 Å². The van der Waals surface area contributed by atoms with E-state index in [1.807, 2.05) is 18.2 Å². The van der Waals surface area contributed by atoms with E-state index in [1.165, 1.54) is 5.52 Å². The highest BCUT2D eigenvalue weighted by Crippen LogP contribution is 2.43. The van der Waals surface area contributed by atoms with Gasteiger partial charge in [-0.1, -0.05) is 12.1 Å². The Morgan fingerprint density at radius 2 is 1.71 bits per heavy atom. The van der Waals surface area contributed by atoms with Crippen molar-refractivity contribution in [3.63, 3.8) is 0 Å². The fourth-order valence-corrected chi connectivity index (χ4v) is 3.62. The SMILES string of the molecule is COc1cc(C2CCc3nc4ccccc4n32)cc(OC)c1OC. The van der Waals surface area contributed by atoms with E-state index in [0.29, 0.717) is 17.2 Å². The second kappa shape index (κ2) is 5.74. The van der Waals surface area contributed by atoms with Crippen molar-refractivity contribution in [2.45, 2.75) is 18.9 Å². The van der Waals surface area contributed by atoms with Gasteiger partial charge in [0, 0.05) is 6.42 Å². The lowest BCUT2D eigenvalue weighted by atomic mass is 10.0. The van der Waals surface area contributed by atoms with Gasteiger partial charge in [-0.05, 0) is 36.2 Å². The molecule has 0 fully saturated rings. The van der Waals surface area contributed by atoms with Crippen LogP contribution in [-0.2, 0) is 6.42 Å². The Hall–Kier alpha value is -2.69. The molecule has 0 aliphatic carbocycles. The van der Waals surface area contributed by atoms with Crippen LogP contribution in [0.2, 0.25) is 0 Å². The van der Waals surface area contributed by atoms with Gasteiger partial charge >= 0.3 is 0 Å². The summed E-state index contributed by atoms with van der Waals surface area (Å²) >= 11 is 0. The summed E-state index contributed by atoms with van der Waals surface area (Å²) in [5.41, 5.74) is 3.36. The molecule has 2 heterocycles. The molecule has 1 aliphatic heterocycles. The quantitative estimate of drug-likeness (QED) is 0.735. The zero-order valence-electron chi connectivity index (χ0n) is 14.1. The van der Waals surface area contributed by atoms with Gasteiger partial charge in [-0.15, -0.1) is 0 Å². The Morgan fingerprint density at radius 3 is 2.38 bits per heavy atom. The number of aryl methyl sites for hydroxylation is 1. The highest BCUT2D eigenvalue weighted by atomic mass is 16.5. The van der Waals surface area contributed by atoms with E-state index in [4.69, 9.17) is 19.2 Å². The third-order valence-electron chi connectivity index (χ3n) is 4.69. The van der Waals surface area contributed by atoms with Crippen LogP contribution in [0, 0.1) is 0 Å². The van der Waals surface area contributed by atoms with Gasteiger partial charge in [0.25, 0.3) is 0 Å². The molecule has 0 spiro atoms. The molecule has 5 heteroatoms. The molecule has 2 aromatic carbocycles. The largest absolute Gasteiger partial charge is 0.493 e. The van der Waals surface area contributed by atoms with Crippen molar-refractivity contribution in [3.05, 3.63) is 47.8 Å². The zero-order valence-corrected chi connectivity index (χ0v) is 14.1. The lowest BCUT2D eigenvalue weighted by Gasteiger charge is -2.19. The average Bonchev–Trinajstić information content (AvgIpc) is 3.19. The van der Waals surface area contributed by atoms with E-state index in [-0.39, 0.29) is 6.04 Å². The van der Waals surface area contributed by atoms with Crippen LogP contribution in [0.3, 0.4) is 0 Å². The molecule has 1 atom stereocenters. The summed E-state index contributed by atoms with van der Waals surface area (Å²) in [6.07, 6.45) is 1.99. The van der Waals surface area contributed by atoms with Gasteiger partial charge in [0.2, 0.25) is 5.75 Å². The summed E-state index contributed by atoms with van der Waals surface area (Å²) in [6.45, 7) is 0. The van der Waals surface area contributed by atoms with Crippen molar-refractivity contribution in [2.75, 3.05) is 21.3 Å². The second-order valence-corrected chi connectivity index (χ2v) is 5.90. The number of para-hydroxylation sites is 2. The maximum absolute atomic E-state index is 5.51. The number of hydrogen-bond acceptors (Lipinski definition) is 4. The normalized spacial score (nSPS) is 16.2. The topological polar surface area (TPSA) is 45.5 Å². The van der Waals surface area contributed by atoms with Gasteiger partial charge in [-0.2, -0.15) is 0 Å². The van der Waals surface area contributed by atoms with Crippen LogP contribution in [-0.4, -0.2) is 30.9 Å². The smallest absolute Gasteiger partial charge is 0.203 e. The standard InChI is InChI=1S/C19H20N2O3/c1-22-16-10-12(11-17(23-2)19(16)24-3)14-8-9-18-20-13-6-4-5-7-15(13)21(14)18/h4-7,10-11,14H,8-9H2,1-3H3. The Morgan fingerprint density at radius 1 is 1.00 bits per heavy atom. The van der Waals surface area contributed by atoms with Crippen LogP contribution in [0.4, 0.5) is 0 Å². The Labute approximate surface area is 140 Å². The molecule has 0 saturated carbocycles. The molecule has 4 rings (SSSR count). The van der Waals surface area contributed by atoms with Crippen LogP contribution in [0.15, 0.2) is 36.4 Å². The molecule has 1 aliphatic rings. The number of methoxy groups -OCH3 is 3. The molecule has 3 aromatic rings. The summed E-state index contributed by atoms with van der Waals surface area (Å²) < 4.78 is 18.8. The summed E-state index contributed by atoms with van der Waals surface area (Å²) in [7, 11) is 4.92. The predicted octanol–water partition coefficient (Wildman–Crippen LogP) is 3.60.